The molecule has 5 rings (SSSR count). The smallest absolute Gasteiger partial charge is 0.247 e. The molecule has 0 radical (unpaired) electrons. The lowest BCUT2D eigenvalue weighted by atomic mass is 10.1. The average molecular weight is 454 g/mol. The molecule has 0 saturated carbocycles. The Bertz CT molecular complexity index is 1330. The quantitative estimate of drug-likeness (QED) is 0.380. The minimum absolute atomic E-state index is 0.0400. The summed E-state index contributed by atoms with van der Waals surface area (Å²) < 4.78 is 5.76. The topological polar surface area (TPSA) is 114 Å². The van der Waals surface area contributed by atoms with Crippen LogP contribution in [0.25, 0.3) is 22.2 Å². The predicted octanol–water partition coefficient (Wildman–Crippen LogP) is 3.62. The molecule has 1 fully saturated rings. The standard InChI is InChI=1S/C25H23N7O2/c1-2-23(33)30-17-8-9-27-21(12-17)19-5-3-4-16-13-29-25(32-24(16)19)31-18-6-7-20(28-14-18)22-15-26-10-11-34-22/h2-9,12-14,22,26H,1,10-11,15H2,(H,27,30,33)(H,29,31,32). The molecule has 1 aliphatic rings. The normalized spacial score (nSPS) is 15.6. The molecule has 1 aliphatic heterocycles. The summed E-state index contributed by atoms with van der Waals surface area (Å²) in [5.41, 5.74) is 4.54. The Morgan fingerprint density at radius 1 is 1.12 bits per heavy atom. The number of para-hydroxylation sites is 1. The summed E-state index contributed by atoms with van der Waals surface area (Å²) in [4.78, 5) is 29.9. The Balaban J connectivity index is 1.41. The van der Waals surface area contributed by atoms with Gasteiger partial charge in [-0.25, -0.2) is 9.97 Å². The van der Waals surface area contributed by atoms with Crippen LogP contribution in [0.4, 0.5) is 17.3 Å². The Morgan fingerprint density at radius 2 is 2.06 bits per heavy atom. The van der Waals surface area contributed by atoms with Gasteiger partial charge in [0.2, 0.25) is 11.9 Å². The van der Waals surface area contributed by atoms with E-state index < -0.39 is 0 Å². The molecule has 34 heavy (non-hydrogen) atoms. The lowest BCUT2D eigenvalue weighted by Gasteiger charge is -2.23. The third-order valence-corrected chi connectivity index (χ3v) is 5.40. The first-order valence-corrected chi connectivity index (χ1v) is 10.9. The van der Waals surface area contributed by atoms with Crippen molar-refractivity contribution < 1.29 is 9.53 Å². The van der Waals surface area contributed by atoms with Gasteiger partial charge in [-0.3, -0.25) is 14.8 Å². The Morgan fingerprint density at radius 3 is 2.85 bits per heavy atom. The fourth-order valence-electron chi connectivity index (χ4n) is 3.73. The largest absolute Gasteiger partial charge is 0.369 e. The van der Waals surface area contributed by atoms with Crippen LogP contribution in [-0.4, -0.2) is 45.5 Å². The molecule has 9 heteroatoms. The summed E-state index contributed by atoms with van der Waals surface area (Å²) in [7, 11) is 0. The van der Waals surface area contributed by atoms with Gasteiger partial charge in [-0.1, -0.05) is 24.8 Å². The molecular formula is C25H23N7O2. The van der Waals surface area contributed by atoms with E-state index >= 15 is 0 Å². The number of fused-ring (bicyclic) bond motifs is 1. The summed E-state index contributed by atoms with van der Waals surface area (Å²) in [6, 6.07) is 13.2. The van der Waals surface area contributed by atoms with Crippen molar-refractivity contribution in [2.75, 3.05) is 30.3 Å². The van der Waals surface area contributed by atoms with E-state index in [2.05, 4.69) is 37.5 Å². The fourth-order valence-corrected chi connectivity index (χ4v) is 3.73. The molecule has 1 aromatic carbocycles. The number of benzene rings is 1. The van der Waals surface area contributed by atoms with E-state index in [1.165, 1.54) is 6.08 Å². The molecular weight excluding hydrogens is 430 g/mol. The molecule has 3 N–H and O–H groups in total. The van der Waals surface area contributed by atoms with Gasteiger partial charge < -0.3 is 20.7 Å². The van der Waals surface area contributed by atoms with E-state index in [9.17, 15) is 4.79 Å². The van der Waals surface area contributed by atoms with E-state index in [4.69, 9.17) is 9.72 Å². The van der Waals surface area contributed by atoms with Crippen molar-refractivity contribution in [2.45, 2.75) is 6.10 Å². The van der Waals surface area contributed by atoms with Gasteiger partial charge in [0.25, 0.3) is 0 Å². The van der Waals surface area contributed by atoms with Crippen LogP contribution in [0.5, 0.6) is 0 Å². The Labute approximate surface area is 196 Å². The van der Waals surface area contributed by atoms with E-state index in [1.54, 1.807) is 30.7 Å². The number of carbonyl (C=O) groups excluding carboxylic acids is 1. The summed E-state index contributed by atoms with van der Waals surface area (Å²) in [5.74, 6) is 0.163. The van der Waals surface area contributed by atoms with Crippen molar-refractivity contribution in [2.24, 2.45) is 0 Å². The Kier molecular flexibility index (Phi) is 6.19. The number of amides is 1. The minimum Gasteiger partial charge on any atom is -0.369 e. The van der Waals surface area contributed by atoms with Crippen molar-refractivity contribution in [3.05, 3.63) is 79.4 Å². The molecule has 170 valence electrons. The maximum absolute atomic E-state index is 11.7. The molecule has 4 heterocycles. The molecule has 3 aromatic heterocycles. The number of morpholine rings is 1. The van der Waals surface area contributed by atoms with Gasteiger partial charge in [-0.05, 0) is 30.3 Å². The Hall–Kier alpha value is -4.21. The molecule has 9 nitrogen and oxygen atoms in total. The third kappa shape index (κ3) is 4.75. The van der Waals surface area contributed by atoms with E-state index in [0.717, 1.165) is 40.9 Å². The number of rotatable bonds is 6. The van der Waals surface area contributed by atoms with Crippen molar-refractivity contribution in [1.29, 1.82) is 0 Å². The number of carbonyl (C=O) groups is 1. The number of aromatic nitrogens is 4. The maximum Gasteiger partial charge on any atom is 0.247 e. The van der Waals surface area contributed by atoms with Crippen LogP contribution in [0.3, 0.4) is 0 Å². The zero-order chi connectivity index (χ0) is 23.3. The van der Waals surface area contributed by atoms with Crippen molar-refractivity contribution in [1.82, 2.24) is 25.3 Å². The summed E-state index contributed by atoms with van der Waals surface area (Å²) >= 11 is 0. The average Bonchev–Trinajstić information content (AvgIpc) is 2.89. The van der Waals surface area contributed by atoms with Gasteiger partial charge in [0.1, 0.15) is 6.10 Å². The summed E-state index contributed by atoms with van der Waals surface area (Å²) in [6.45, 7) is 5.78. The minimum atomic E-state index is -0.283. The second-order valence-corrected chi connectivity index (χ2v) is 7.72. The van der Waals surface area contributed by atoms with Gasteiger partial charge in [-0.2, -0.15) is 0 Å². The molecule has 4 aromatic rings. The van der Waals surface area contributed by atoms with Crippen molar-refractivity contribution in [3.63, 3.8) is 0 Å². The second-order valence-electron chi connectivity index (χ2n) is 7.72. The van der Waals surface area contributed by atoms with Crippen molar-refractivity contribution >= 4 is 34.1 Å². The molecule has 0 aliphatic carbocycles. The molecule has 0 spiro atoms. The van der Waals surface area contributed by atoms with Crippen LogP contribution in [0.1, 0.15) is 11.8 Å². The summed E-state index contributed by atoms with van der Waals surface area (Å²) in [6.07, 6.45) is 6.35. The highest BCUT2D eigenvalue weighted by Crippen LogP contribution is 2.28. The van der Waals surface area contributed by atoms with Crippen molar-refractivity contribution in [3.8, 4) is 11.3 Å². The van der Waals surface area contributed by atoms with Crippen LogP contribution < -0.4 is 16.0 Å². The van der Waals surface area contributed by atoms with Gasteiger partial charge in [0, 0.05) is 42.1 Å². The number of nitrogens with one attached hydrogen (secondary N) is 3. The molecule has 1 atom stereocenters. The number of nitrogens with zero attached hydrogens (tertiary/aromatic N) is 4. The van der Waals surface area contributed by atoms with Crippen LogP contribution in [0, 0.1) is 0 Å². The van der Waals surface area contributed by atoms with Crippen LogP contribution in [0.15, 0.2) is 73.7 Å². The number of hydrogen-bond donors (Lipinski definition) is 3. The molecule has 1 amide bonds. The van der Waals surface area contributed by atoms with Crippen LogP contribution in [0.2, 0.25) is 0 Å². The second kappa shape index (κ2) is 9.74. The molecule has 1 saturated heterocycles. The SMILES string of the molecule is C=CC(=O)Nc1ccnc(-c2cccc3cnc(Nc4ccc(C5CNCCO5)nc4)nc23)c1. The van der Waals surface area contributed by atoms with Gasteiger partial charge in [0.15, 0.2) is 0 Å². The lowest BCUT2D eigenvalue weighted by Crippen LogP contribution is -2.33. The first-order chi connectivity index (χ1) is 16.7. The van der Waals surface area contributed by atoms with Crippen LogP contribution >= 0.6 is 0 Å². The first kappa shape index (κ1) is 21.6. The third-order valence-electron chi connectivity index (χ3n) is 5.40. The maximum atomic E-state index is 11.7. The van der Waals surface area contributed by atoms with Gasteiger partial charge in [-0.15, -0.1) is 0 Å². The zero-order valence-corrected chi connectivity index (χ0v) is 18.4. The van der Waals surface area contributed by atoms with Crippen LogP contribution in [-0.2, 0) is 9.53 Å². The highest BCUT2D eigenvalue weighted by molar-refractivity contribution is 5.99. The lowest BCUT2D eigenvalue weighted by molar-refractivity contribution is -0.111. The molecule has 1 unspecified atom stereocenters. The first-order valence-electron chi connectivity index (χ1n) is 10.9. The van der Waals surface area contributed by atoms with Gasteiger partial charge in [0.05, 0.1) is 35.4 Å². The summed E-state index contributed by atoms with van der Waals surface area (Å²) in [5, 5.41) is 10.2. The number of hydrogen-bond acceptors (Lipinski definition) is 8. The van der Waals surface area contributed by atoms with E-state index in [0.29, 0.717) is 23.9 Å². The number of anilines is 3. The number of ether oxygens (including phenoxy) is 1. The molecule has 0 bridgehead atoms. The van der Waals surface area contributed by atoms with E-state index in [1.807, 2.05) is 30.3 Å². The van der Waals surface area contributed by atoms with Gasteiger partial charge >= 0.3 is 0 Å². The van der Waals surface area contributed by atoms with E-state index in [-0.39, 0.29) is 12.0 Å². The predicted molar refractivity (Wildman–Crippen MR) is 131 cm³/mol. The highest BCUT2D eigenvalue weighted by atomic mass is 16.5. The number of pyridine rings is 2. The highest BCUT2D eigenvalue weighted by Gasteiger charge is 2.17. The zero-order valence-electron chi connectivity index (χ0n) is 18.4. The monoisotopic (exact) mass is 453 g/mol. The fraction of sp³-hybridized carbons (Fsp3) is 0.160.